The fourth-order valence-corrected chi connectivity index (χ4v) is 3.45. The molecule has 4 rings (SSSR count). The van der Waals surface area contributed by atoms with Crippen molar-refractivity contribution in [1.82, 2.24) is 19.9 Å². The highest BCUT2D eigenvalue weighted by Gasteiger charge is 2.44. The van der Waals surface area contributed by atoms with E-state index < -0.39 is 42.0 Å². The van der Waals surface area contributed by atoms with Crippen LogP contribution in [0, 0.1) is 5.92 Å². The van der Waals surface area contributed by atoms with Crippen LogP contribution in [-0.2, 0) is 16.3 Å². The van der Waals surface area contributed by atoms with Gasteiger partial charge in [0.15, 0.2) is 6.73 Å². The van der Waals surface area contributed by atoms with Crippen LogP contribution in [0.15, 0.2) is 53.3 Å². The van der Waals surface area contributed by atoms with Gasteiger partial charge in [-0.2, -0.15) is 4.68 Å². The minimum absolute atomic E-state index is 0.248. The van der Waals surface area contributed by atoms with Crippen molar-refractivity contribution in [2.45, 2.75) is 26.6 Å². The summed E-state index contributed by atoms with van der Waals surface area (Å²) in [7, 11) is 0. The van der Waals surface area contributed by atoms with Crippen LogP contribution in [0.1, 0.15) is 34.6 Å². The number of carbonyl (C=O) groups is 3. The number of benzene rings is 2. The van der Waals surface area contributed by atoms with Crippen LogP contribution in [0.3, 0.4) is 0 Å². The van der Waals surface area contributed by atoms with Gasteiger partial charge in [-0.15, -0.1) is 5.10 Å². The highest BCUT2D eigenvalue weighted by molar-refractivity contribution is 6.22. The molecule has 152 valence electrons. The van der Waals surface area contributed by atoms with Crippen molar-refractivity contribution in [3.05, 3.63) is 70.0 Å². The van der Waals surface area contributed by atoms with Crippen molar-refractivity contribution in [3.8, 4) is 0 Å². The molecule has 2 amide bonds. The fraction of sp³-hybridized carbons (Fsp3) is 0.238. The van der Waals surface area contributed by atoms with Gasteiger partial charge in [0.05, 0.1) is 16.5 Å². The first kappa shape index (κ1) is 19.4. The van der Waals surface area contributed by atoms with Crippen molar-refractivity contribution in [3.63, 3.8) is 0 Å². The number of esters is 1. The Kier molecular flexibility index (Phi) is 4.86. The van der Waals surface area contributed by atoms with Crippen molar-refractivity contribution < 1.29 is 19.1 Å². The predicted molar refractivity (Wildman–Crippen MR) is 105 cm³/mol. The topological polar surface area (TPSA) is 111 Å². The second kappa shape index (κ2) is 7.51. The number of fused-ring (bicyclic) bond motifs is 2. The Bertz CT molecular complexity index is 1200. The van der Waals surface area contributed by atoms with E-state index in [-0.39, 0.29) is 11.1 Å². The van der Waals surface area contributed by atoms with E-state index in [1.807, 2.05) is 0 Å². The van der Waals surface area contributed by atoms with E-state index >= 15 is 0 Å². The highest BCUT2D eigenvalue weighted by Crippen LogP contribution is 2.27. The van der Waals surface area contributed by atoms with E-state index in [4.69, 9.17) is 4.74 Å². The minimum Gasteiger partial charge on any atom is -0.441 e. The average Bonchev–Trinajstić information content (AvgIpc) is 2.99. The molecule has 9 nitrogen and oxygen atoms in total. The third-order valence-corrected chi connectivity index (χ3v) is 4.94. The number of hydrogen-bond acceptors (Lipinski definition) is 7. The lowest BCUT2D eigenvalue weighted by Gasteiger charge is -2.27. The Labute approximate surface area is 170 Å². The molecule has 0 unspecified atom stereocenters. The molecule has 1 aliphatic rings. The molecule has 1 aliphatic heterocycles. The highest BCUT2D eigenvalue weighted by atomic mass is 16.5. The lowest BCUT2D eigenvalue weighted by molar-refractivity contribution is -0.154. The molecule has 30 heavy (non-hydrogen) atoms. The van der Waals surface area contributed by atoms with Crippen LogP contribution in [0.25, 0.3) is 10.9 Å². The first-order valence-electron chi connectivity index (χ1n) is 9.36. The van der Waals surface area contributed by atoms with Crippen LogP contribution in [0.2, 0.25) is 0 Å². The van der Waals surface area contributed by atoms with Crippen LogP contribution in [-0.4, -0.2) is 43.7 Å². The van der Waals surface area contributed by atoms with Gasteiger partial charge in [-0.3, -0.25) is 19.3 Å². The Balaban J connectivity index is 1.57. The van der Waals surface area contributed by atoms with Gasteiger partial charge >= 0.3 is 5.97 Å². The van der Waals surface area contributed by atoms with Crippen molar-refractivity contribution in [1.29, 1.82) is 0 Å². The molecular weight excluding hydrogens is 388 g/mol. The van der Waals surface area contributed by atoms with E-state index in [9.17, 15) is 19.2 Å². The first-order chi connectivity index (χ1) is 14.4. The molecule has 9 heteroatoms. The zero-order valence-electron chi connectivity index (χ0n) is 16.3. The molecule has 1 atom stereocenters. The minimum atomic E-state index is -1.14. The van der Waals surface area contributed by atoms with Gasteiger partial charge in [0, 0.05) is 0 Å². The van der Waals surface area contributed by atoms with Gasteiger partial charge in [-0.05, 0) is 30.2 Å². The van der Waals surface area contributed by atoms with E-state index in [1.165, 1.54) is 0 Å². The fourth-order valence-electron chi connectivity index (χ4n) is 3.45. The van der Waals surface area contributed by atoms with Gasteiger partial charge in [-0.1, -0.05) is 43.3 Å². The molecule has 0 radical (unpaired) electrons. The monoisotopic (exact) mass is 406 g/mol. The standard InChI is InChI=1S/C21H18N4O5/c1-12(2)17(25-19(27)13-7-3-4-8-14(13)20(25)28)21(29)30-11-24-18(26)15-9-5-6-10-16(15)22-23-24/h3-10,12,17H,11H2,1-2H3/t17-/m1/s1. The lowest BCUT2D eigenvalue weighted by Crippen LogP contribution is -2.49. The summed E-state index contributed by atoms with van der Waals surface area (Å²) < 4.78 is 6.18. The summed E-state index contributed by atoms with van der Waals surface area (Å²) in [4.78, 5) is 51.8. The maximum atomic E-state index is 12.8. The summed E-state index contributed by atoms with van der Waals surface area (Å²) in [5.74, 6) is -2.30. The predicted octanol–water partition coefficient (Wildman–Crippen LogP) is 1.61. The number of carbonyl (C=O) groups excluding carboxylic acids is 3. The molecule has 1 aromatic heterocycles. The van der Waals surface area contributed by atoms with Gasteiger partial charge in [0.1, 0.15) is 11.6 Å². The molecule has 0 bridgehead atoms. The second-order valence-corrected chi connectivity index (χ2v) is 7.22. The smallest absolute Gasteiger partial charge is 0.331 e. The normalized spacial score (nSPS) is 14.3. The number of rotatable bonds is 5. The van der Waals surface area contributed by atoms with E-state index in [1.54, 1.807) is 62.4 Å². The SMILES string of the molecule is CC(C)[C@H](C(=O)OCn1nnc2ccccc2c1=O)N1C(=O)c2ccccc2C1=O. The largest absolute Gasteiger partial charge is 0.441 e. The summed E-state index contributed by atoms with van der Waals surface area (Å²) in [6, 6.07) is 11.9. The number of amides is 2. The molecule has 0 fully saturated rings. The molecule has 0 saturated heterocycles. The van der Waals surface area contributed by atoms with Gasteiger partial charge < -0.3 is 4.74 Å². The molecule has 0 saturated carbocycles. The Hall–Kier alpha value is -3.88. The van der Waals surface area contributed by atoms with Crippen LogP contribution in [0.4, 0.5) is 0 Å². The van der Waals surface area contributed by atoms with Crippen LogP contribution in [0.5, 0.6) is 0 Å². The Morgan fingerprint density at radius 3 is 2.20 bits per heavy atom. The summed E-state index contributed by atoms with van der Waals surface area (Å²) in [5, 5.41) is 8.04. The van der Waals surface area contributed by atoms with Crippen LogP contribution >= 0.6 is 0 Å². The maximum absolute atomic E-state index is 12.8. The van der Waals surface area contributed by atoms with Gasteiger partial charge in [-0.25, -0.2) is 4.79 Å². The van der Waals surface area contributed by atoms with Crippen molar-refractivity contribution in [2.24, 2.45) is 5.92 Å². The zero-order chi connectivity index (χ0) is 21.4. The summed E-state index contributed by atoms with van der Waals surface area (Å²) >= 11 is 0. The zero-order valence-corrected chi connectivity index (χ0v) is 16.3. The van der Waals surface area contributed by atoms with Crippen molar-refractivity contribution >= 4 is 28.7 Å². The molecule has 0 aliphatic carbocycles. The number of ether oxygens (including phenoxy) is 1. The second-order valence-electron chi connectivity index (χ2n) is 7.22. The molecular formula is C21H18N4O5. The third-order valence-electron chi connectivity index (χ3n) is 4.94. The van der Waals surface area contributed by atoms with E-state index in [2.05, 4.69) is 10.3 Å². The van der Waals surface area contributed by atoms with Gasteiger partial charge in [0.25, 0.3) is 17.4 Å². The molecule has 2 heterocycles. The van der Waals surface area contributed by atoms with E-state index in [0.29, 0.717) is 10.9 Å². The molecule has 0 spiro atoms. The Morgan fingerprint density at radius 1 is 0.967 bits per heavy atom. The van der Waals surface area contributed by atoms with Gasteiger partial charge in [0.2, 0.25) is 0 Å². The summed E-state index contributed by atoms with van der Waals surface area (Å²) in [6.07, 6.45) is 0. The molecule has 0 N–H and O–H groups in total. The third kappa shape index (κ3) is 3.14. The summed E-state index contributed by atoms with van der Waals surface area (Å²) in [5.41, 5.74) is 0.460. The number of imide groups is 1. The molecule has 2 aromatic carbocycles. The average molecular weight is 406 g/mol. The molecule has 3 aromatic rings. The first-order valence-corrected chi connectivity index (χ1v) is 9.36. The Morgan fingerprint density at radius 2 is 1.57 bits per heavy atom. The number of aromatic nitrogens is 3. The number of nitrogens with zero attached hydrogens (tertiary/aromatic N) is 4. The summed E-state index contributed by atoms with van der Waals surface area (Å²) in [6.45, 7) is 2.93. The number of hydrogen-bond donors (Lipinski definition) is 0. The van der Waals surface area contributed by atoms with E-state index in [0.717, 1.165) is 9.58 Å². The van der Waals surface area contributed by atoms with Crippen molar-refractivity contribution in [2.75, 3.05) is 0 Å². The quantitative estimate of drug-likeness (QED) is 0.467. The lowest BCUT2D eigenvalue weighted by atomic mass is 10.0. The van der Waals surface area contributed by atoms with Crippen LogP contribution < -0.4 is 5.56 Å². The maximum Gasteiger partial charge on any atom is 0.331 e.